The fourth-order valence-electron chi connectivity index (χ4n) is 3.52. The molecule has 0 aliphatic rings. The first-order valence-electron chi connectivity index (χ1n) is 10.2. The minimum absolute atomic E-state index is 0.283. The maximum atomic E-state index is 12.1. The molecule has 4 rings (SSSR count). The number of ether oxygens (including phenoxy) is 2. The molecule has 0 N–H and O–H groups in total. The number of carbonyl (C=O) groups is 1. The Morgan fingerprint density at radius 3 is 2.23 bits per heavy atom. The Morgan fingerprint density at radius 2 is 1.43 bits per heavy atom. The normalized spacial score (nSPS) is 10.7. The number of aryl methyl sites for hydroxylation is 1. The molecule has 3 heteroatoms. The Bertz CT molecular complexity index is 1100. The summed E-state index contributed by atoms with van der Waals surface area (Å²) in [5, 5.41) is 2.36. The first-order valence-corrected chi connectivity index (χ1v) is 10.2. The van der Waals surface area contributed by atoms with Crippen LogP contribution in [0.2, 0.25) is 0 Å². The van der Waals surface area contributed by atoms with Gasteiger partial charge in [-0.1, -0.05) is 78.9 Å². The summed E-state index contributed by atoms with van der Waals surface area (Å²) >= 11 is 0. The van der Waals surface area contributed by atoms with Crippen LogP contribution in [0.1, 0.15) is 27.9 Å². The van der Waals surface area contributed by atoms with E-state index in [0.29, 0.717) is 18.8 Å². The van der Waals surface area contributed by atoms with Crippen molar-refractivity contribution >= 4 is 16.7 Å². The zero-order valence-corrected chi connectivity index (χ0v) is 16.8. The second kappa shape index (κ2) is 9.75. The topological polar surface area (TPSA) is 35.5 Å². The van der Waals surface area contributed by atoms with Gasteiger partial charge in [0.15, 0.2) is 0 Å². The highest BCUT2D eigenvalue weighted by Gasteiger charge is 2.11. The summed E-state index contributed by atoms with van der Waals surface area (Å²) in [6.07, 6.45) is 1.50. The number of hydrogen-bond donors (Lipinski definition) is 0. The van der Waals surface area contributed by atoms with Crippen LogP contribution in [0.3, 0.4) is 0 Å². The Kier molecular flexibility index (Phi) is 6.41. The van der Waals surface area contributed by atoms with Crippen molar-refractivity contribution in [3.63, 3.8) is 0 Å². The number of carbonyl (C=O) groups excluding carboxylic acids is 1. The molecule has 0 atom stereocenters. The molecule has 30 heavy (non-hydrogen) atoms. The quantitative estimate of drug-likeness (QED) is 0.262. The molecule has 3 nitrogen and oxygen atoms in total. The van der Waals surface area contributed by atoms with E-state index in [4.69, 9.17) is 9.47 Å². The third-order valence-corrected chi connectivity index (χ3v) is 5.05. The van der Waals surface area contributed by atoms with Crippen molar-refractivity contribution in [1.82, 2.24) is 0 Å². The van der Waals surface area contributed by atoms with Gasteiger partial charge in [0.1, 0.15) is 12.4 Å². The lowest BCUT2D eigenvalue weighted by Crippen LogP contribution is -2.07. The van der Waals surface area contributed by atoms with Crippen molar-refractivity contribution in [2.24, 2.45) is 0 Å². The van der Waals surface area contributed by atoms with Crippen LogP contribution in [0.15, 0.2) is 97.1 Å². The molecule has 0 saturated heterocycles. The molecule has 0 bridgehead atoms. The minimum atomic E-state index is -0.283. The van der Waals surface area contributed by atoms with E-state index in [9.17, 15) is 4.79 Å². The second-order valence-corrected chi connectivity index (χ2v) is 7.14. The highest BCUT2D eigenvalue weighted by molar-refractivity contribution is 5.89. The highest BCUT2D eigenvalue weighted by atomic mass is 16.5. The van der Waals surface area contributed by atoms with Crippen LogP contribution < -0.4 is 4.74 Å². The highest BCUT2D eigenvalue weighted by Crippen LogP contribution is 2.30. The molecule has 0 unspecified atom stereocenters. The van der Waals surface area contributed by atoms with Gasteiger partial charge < -0.3 is 9.47 Å². The van der Waals surface area contributed by atoms with Crippen LogP contribution in [0, 0.1) is 0 Å². The molecule has 0 radical (unpaired) electrons. The van der Waals surface area contributed by atoms with Crippen molar-refractivity contribution in [2.75, 3.05) is 6.61 Å². The van der Waals surface area contributed by atoms with E-state index in [0.717, 1.165) is 29.7 Å². The summed E-state index contributed by atoms with van der Waals surface area (Å²) in [5.74, 6) is 0.598. The van der Waals surface area contributed by atoms with E-state index >= 15 is 0 Å². The minimum Gasteiger partial charge on any atom is -0.489 e. The van der Waals surface area contributed by atoms with Crippen LogP contribution in [-0.4, -0.2) is 12.6 Å². The largest absolute Gasteiger partial charge is 0.489 e. The van der Waals surface area contributed by atoms with Gasteiger partial charge in [0.2, 0.25) is 0 Å². The van der Waals surface area contributed by atoms with E-state index < -0.39 is 0 Å². The van der Waals surface area contributed by atoms with E-state index in [1.54, 1.807) is 12.1 Å². The van der Waals surface area contributed by atoms with E-state index in [1.807, 2.05) is 54.6 Å². The maximum Gasteiger partial charge on any atom is 0.338 e. The number of benzene rings is 4. The predicted molar refractivity (Wildman–Crippen MR) is 120 cm³/mol. The van der Waals surface area contributed by atoms with Gasteiger partial charge in [0.05, 0.1) is 12.2 Å². The van der Waals surface area contributed by atoms with Gasteiger partial charge in [-0.2, -0.15) is 0 Å². The number of rotatable bonds is 8. The maximum absolute atomic E-state index is 12.1. The zero-order valence-electron chi connectivity index (χ0n) is 16.8. The Hall–Kier alpha value is -3.59. The molecule has 0 spiro atoms. The smallest absolute Gasteiger partial charge is 0.338 e. The fourth-order valence-corrected chi connectivity index (χ4v) is 3.52. The molecule has 0 aliphatic heterocycles. The third-order valence-electron chi connectivity index (χ3n) is 5.05. The third kappa shape index (κ3) is 4.87. The van der Waals surface area contributed by atoms with Gasteiger partial charge in [-0.15, -0.1) is 0 Å². The summed E-state index contributed by atoms with van der Waals surface area (Å²) < 4.78 is 11.6. The van der Waals surface area contributed by atoms with Crippen molar-refractivity contribution < 1.29 is 14.3 Å². The molecule has 4 aromatic carbocycles. The first kappa shape index (κ1) is 19.7. The van der Waals surface area contributed by atoms with Crippen LogP contribution in [0.25, 0.3) is 10.8 Å². The van der Waals surface area contributed by atoms with Gasteiger partial charge in [0.25, 0.3) is 0 Å². The van der Waals surface area contributed by atoms with E-state index in [2.05, 4.69) is 30.3 Å². The summed E-state index contributed by atoms with van der Waals surface area (Å²) in [4.78, 5) is 12.1. The SMILES string of the molecule is O=C(OCCCc1c(OCc2ccccc2)ccc2ccccc12)c1ccccc1. The van der Waals surface area contributed by atoms with Crippen LogP contribution in [0.5, 0.6) is 5.75 Å². The molecule has 0 aromatic heterocycles. The fraction of sp³-hybridized carbons (Fsp3) is 0.148. The van der Waals surface area contributed by atoms with Crippen LogP contribution >= 0.6 is 0 Å². The van der Waals surface area contributed by atoms with Crippen molar-refractivity contribution in [1.29, 1.82) is 0 Å². The van der Waals surface area contributed by atoms with Crippen molar-refractivity contribution in [3.05, 3.63) is 114 Å². The molecular weight excluding hydrogens is 372 g/mol. The Labute approximate surface area is 176 Å². The molecular formula is C27H24O3. The predicted octanol–water partition coefficient (Wildman–Crippen LogP) is 6.21. The zero-order chi connectivity index (χ0) is 20.6. The molecule has 0 amide bonds. The lowest BCUT2D eigenvalue weighted by Gasteiger charge is -2.15. The molecule has 150 valence electrons. The van der Waals surface area contributed by atoms with Gasteiger partial charge in [-0.25, -0.2) is 4.79 Å². The average Bonchev–Trinajstić information content (AvgIpc) is 2.82. The van der Waals surface area contributed by atoms with Crippen molar-refractivity contribution in [2.45, 2.75) is 19.4 Å². The van der Waals surface area contributed by atoms with Crippen molar-refractivity contribution in [3.8, 4) is 5.75 Å². The summed E-state index contributed by atoms with van der Waals surface area (Å²) in [6, 6.07) is 31.7. The van der Waals surface area contributed by atoms with Gasteiger partial charge in [-0.05, 0) is 47.4 Å². The summed E-state index contributed by atoms with van der Waals surface area (Å²) in [5.41, 5.74) is 2.86. The van der Waals surface area contributed by atoms with Crippen LogP contribution in [-0.2, 0) is 17.8 Å². The average molecular weight is 396 g/mol. The van der Waals surface area contributed by atoms with E-state index in [1.165, 1.54) is 10.8 Å². The van der Waals surface area contributed by atoms with Gasteiger partial charge >= 0.3 is 5.97 Å². The monoisotopic (exact) mass is 396 g/mol. The van der Waals surface area contributed by atoms with Gasteiger partial charge in [-0.3, -0.25) is 0 Å². The lowest BCUT2D eigenvalue weighted by atomic mass is 10.00. The Balaban J connectivity index is 1.45. The number of fused-ring (bicyclic) bond motifs is 1. The van der Waals surface area contributed by atoms with Gasteiger partial charge in [0, 0.05) is 5.56 Å². The number of hydrogen-bond acceptors (Lipinski definition) is 3. The molecule has 0 saturated carbocycles. The molecule has 4 aromatic rings. The standard InChI is InChI=1S/C27H24O3/c28-27(23-13-5-2-6-14-23)29-19-9-16-25-24-15-8-7-12-22(24)17-18-26(25)30-20-21-10-3-1-4-11-21/h1-8,10-15,17-18H,9,16,19-20H2. The Morgan fingerprint density at radius 1 is 0.733 bits per heavy atom. The molecule has 0 aliphatic carbocycles. The summed E-state index contributed by atoms with van der Waals surface area (Å²) in [7, 11) is 0. The lowest BCUT2D eigenvalue weighted by molar-refractivity contribution is 0.0500. The molecule has 0 heterocycles. The first-order chi connectivity index (χ1) is 14.8. The van der Waals surface area contributed by atoms with E-state index in [-0.39, 0.29) is 5.97 Å². The number of esters is 1. The second-order valence-electron chi connectivity index (χ2n) is 7.14. The molecule has 0 fully saturated rings. The summed E-state index contributed by atoms with van der Waals surface area (Å²) in [6.45, 7) is 0.893. The van der Waals surface area contributed by atoms with Crippen LogP contribution in [0.4, 0.5) is 0 Å².